The molecule has 0 radical (unpaired) electrons. The molecular formula is C14H27NO3. The Hall–Kier alpha value is -0.610. The minimum Gasteiger partial charge on any atom is -0.396 e. The average Bonchev–Trinajstić information content (AvgIpc) is 2.25. The number of carbonyl (C=O) groups excluding carboxylic acids is 1. The summed E-state index contributed by atoms with van der Waals surface area (Å²) in [5.74, 6) is 0.948. The predicted molar refractivity (Wildman–Crippen MR) is 71.2 cm³/mol. The van der Waals surface area contributed by atoms with Crippen LogP contribution in [0.15, 0.2) is 0 Å². The maximum atomic E-state index is 11.9. The number of rotatable bonds is 8. The van der Waals surface area contributed by atoms with Gasteiger partial charge >= 0.3 is 0 Å². The van der Waals surface area contributed by atoms with Crippen molar-refractivity contribution in [1.29, 1.82) is 0 Å². The summed E-state index contributed by atoms with van der Waals surface area (Å²) in [4.78, 5) is 11.9. The topological polar surface area (TPSA) is 58.6 Å². The summed E-state index contributed by atoms with van der Waals surface area (Å²) < 4.78 is 5.48. The third-order valence-corrected chi connectivity index (χ3v) is 3.66. The fourth-order valence-corrected chi connectivity index (χ4v) is 2.45. The number of hydrogen-bond acceptors (Lipinski definition) is 3. The van der Waals surface area contributed by atoms with Gasteiger partial charge in [0.2, 0.25) is 5.91 Å². The van der Waals surface area contributed by atoms with Crippen molar-refractivity contribution in [2.45, 2.75) is 58.6 Å². The van der Waals surface area contributed by atoms with Crippen LogP contribution < -0.4 is 5.32 Å². The van der Waals surface area contributed by atoms with E-state index in [2.05, 4.69) is 19.2 Å². The molecule has 1 rings (SSSR count). The summed E-state index contributed by atoms with van der Waals surface area (Å²) in [5, 5.41) is 12.0. The van der Waals surface area contributed by atoms with Crippen LogP contribution in [0.5, 0.6) is 0 Å². The van der Waals surface area contributed by atoms with Crippen LogP contribution in [0, 0.1) is 11.8 Å². The summed E-state index contributed by atoms with van der Waals surface area (Å²) in [7, 11) is 0. The summed E-state index contributed by atoms with van der Waals surface area (Å²) in [5.41, 5.74) is 0. The lowest BCUT2D eigenvalue weighted by molar-refractivity contribution is -0.125. The third-order valence-electron chi connectivity index (χ3n) is 3.66. The normalized spacial score (nSPS) is 24.7. The molecule has 106 valence electrons. The van der Waals surface area contributed by atoms with Crippen LogP contribution in [-0.2, 0) is 9.53 Å². The minimum absolute atomic E-state index is 0.0882. The van der Waals surface area contributed by atoms with Crippen LogP contribution in [-0.4, -0.2) is 36.4 Å². The van der Waals surface area contributed by atoms with E-state index < -0.39 is 0 Å². The zero-order valence-electron chi connectivity index (χ0n) is 11.8. The van der Waals surface area contributed by atoms with E-state index in [1.54, 1.807) is 0 Å². The van der Waals surface area contributed by atoms with Crippen molar-refractivity contribution in [1.82, 2.24) is 5.32 Å². The molecule has 0 aromatic rings. The van der Waals surface area contributed by atoms with E-state index in [0.717, 1.165) is 19.4 Å². The molecule has 0 saturated heterocycles. The van der Waals surface area contributed by atoms with Gasteiger partial charge in [0, 0.05) is 25.7 Å². The first-order valence-electron chi connectivity index (χ1n) is 7.08. The minimum atomic E-state index is 0.0882. The first kappa shape index (κ1) is 15.4. The molecule has 18 heavy (non-hydrogen) atoms. The molecule has 1 aliphatic carbocycles. The number of nitrogens with one attached hydrogen (secondary N) is 1. The lowest BCUT2D eigenvalue weighted by Crippen LogP contribution is -2.42. The van der Waals surface area contributed by atoms with Gasteiger partial charge in [0.25, 0.3) is 0 Å². The van der Waals surface area contributed by atoms with Crippen LogP contribution in [0.4, 0.5) is 0 Å². The second-order valence-corrected chi connectivity index (χ2v) is 5.55. The highest BCUT2D eigenvalue weighted by atomic mass is 16.5. The summed E-state index contributed by atoms with van der Waals surface area (Å²) in [6.45, 7) is 7.01. The monoisotopic (exact) mass is 257 g/mol. The Kier molecular flexibility index (Phi) is 6.65. The van der Waals surface area contributed by atoms with E-state index in [0.29, 0.717) is 30.8 Å². The maximum absolute atomic E-state index is 11.9. The highest BCUT2D eigenvalue weighted by Gasteiger charge is 2.31. The molecule has 0 spiro atoms. The molecule has 0 aromatic heterocycles. The number of carbonyl (C=O) groups is 1. The molecule has 0 aliphatic heterocycles. The lowest BCUT2D eigenvalue weighted by Gasteiger charge is -2.35. The van der Waals surface area contributed by atoms with Crippen LogP contribution in [0.2, 0.25) is 0 Å². The van der Waals surface area contributed by atoms with Crippen LogP contribution in [0.25, 0.3) is 0 Å². The average molecular weight is 257 g/mol. The van der Waals surface area contributed by atoms with Crippen LogP contribution in [0.3, 0.4) is 0 Å². The Morgan fingerprint density at radius 3 is 2.61 bits per heavy atom. The Morgan fingerprint density at radius 2 is 2.11 bits per heavy atom. The molecule has 1 amide bonds. The molecule has 1 saturated carbocycles. The second kappa shape index (κ2) is 7.74. The van der Waals surface area contributed by atoms with Crippen molar-refractivity contribution in [3.8, 4) is 0 Å². The fraction of sp³-hybridized carbons (Fsp3) is 0.929. The molecule has 1 aliphatic rings. The molecule has 0 bridgehead atoms. The summed E-state index contributed by atoms with van der Waals surface area (Å²) in [6.07, 6.45) is 3.61. The number of aliphatic hydroxyl groups excluding tert-OH is 1. The van der Waals surface area contributed by atoms with Gasteiger partial charge in [-0.05, 0) is 38.0 Å². The quantitative estimate of drug-likeness (QED) is 0.696. The molecule has 1 atom stereocenters. The SMILES string of the molecule is CCOC1CC(CC(=O)NC(CCO)C(C)C)C1. The van der Waals surface area contributed by atoms with Gasteiger partial charge in [-0.25, -0.2) is 0 Å². The molecule has 2 N–H and O–H groups in total. The Morgan fingerprint density at radius 1 is 1.44 bits per heavy atom. The number of amides is 1. The predicted octanol–water partition coefficient (Wildman–Crippen LogP) is 1.71. The molecule has 4 nitrogen and oxygen atoms in total. The van der Waals surface area contributed by atoms with E-state index in [9.17, 15) is 4.79 Å². The Labute approximate surface area is 110 Å². The van der Waals surface area contributed by atoms with Crippen LogP contribution in [0.1, 0.15) is 46.5 Å². The zero-order chi connectivity index (χ0) is 13.5. The first-order valence-corrected chi connectivity index (χ1v) is 7.08. The van der Waals surface area contributed by atoms with Crippen molar-refractivity contribution in [2.75, 3.05) is 13.2 Å². The standard InChI is InChI=1S/C14H27NO3/c1-4-18-12-7-11(8-12)9-14(17)15-13(5-6-16)10(2)3/h10-13,16H,4-9H2,1-3H3,(H,15,17). The zero-order valence-corrected chi connectivity index (χ0v) is 11.8. The van der Waals surface area contributed by atoms with Gasteiger partial charge < -0.3 is 15.2 Å². The van der Waals surface area contributed by atoms with E-state index >= 15 is 0 Å². The van der Waals surface area contributed by atoms with Crippen LogP contribution >= 0.6 is 0 Å². The summed E-state index contributed by atoms with van der Waals surface area (Å²) in [6, 6.07) is 0.0882. The third kappa shape index (κ3) is 4.94. The van der Waals surface area contributed by atoms with Gasteiger partial charge in [0.15, 0.2) is 0 Å². The van der Waals surface area contributed by atoms with Gasteiger partial charge in [0.1, 0.15) is 0 Å². The number of ether oxygens (including phenoxy) is 1. The molecule has 0 heterocycles. The van der Waals surface area contributed by atoms with Gasteiger partial charge in [-0.15, -0.1) is 0 Å². The largest absolute Gasteiger partial charge is 0.396 e. The highest BCUT2D eigenvalue weighted by molar-refractivity contribution is 5.76. The maximum Gasteiger partial charge on any atom is 0.220 e. The van der Waals surface area contributed by atoms with Crippen molar-refractivity contribution in [3.05, 3.63) is 0 Å². The Bertz CT molecular complexity index is 249. The van der Waals surface area contributed by atoms with Crippen molar-refractivity contribution in [3.63, 3.8) is 0 Å². The van der Waals surface area contributed by atoms with Gasteiger partial charge in [-0.3, -0.25) is 4.79 Å². The molecule has 0 aromatic carbocycles. The van der Waals surface area contributed by atoms with Crippen molar-refractivity contribution in [2.24, 2.45) is 11.8 Å². The Balaban J connectivity index is 2.21. The van der Waals surface area contributed by atoms with E-state index in [-0.39, 0.29) is 18.6 Å². The molecule has 4 heteroatoms. The van der Waals surface area contributed by atoms with Gasteiger partial charge in [0.05, 0.1) is 6.10 Å². The van der Waals surface area contributed by atoms with Crippen molar-refractivity contribution < 1.29 is 14.6 Å². The van der Waals surface area contributed by atoms with E-state index in [4.69, 9.17) is 9.84 Å². The molecule has 1 fully saturated rings. The molecule has 1 unspecified atom stereocenters. The molecular weight excluding hydrogens is 230 g/mol. The van der Waals surface area contributed by atoms with Crippen molar-refractivity contribution >= 4 is 5.91 Å². The lowest BCUT2D eigenvalue weighted by atomic mass is 9.79. The number of aliphatic hydroxyl groups is 1. The number of hydrogen-bond donors (Lipinski definition) is 2. The van der Waals surface area contributed by atoms with Gasteiger partial charge in [-0.2, -0.15) is 0 Å². The van der Waals surface area contributed by atoms with E-state index in [1.165, 1.54) is 0 Å². The second-order valence-electron chi connectivity index (χ2n) is 5.55. The first-order chi connectivity index (χ1) is 8.56. The van der Waals surface area contributed by atoms with E-state index in [1.807, 2.05) is 6.92 Å². The summed E-state index contributed by atoms with van der Waals surface area (Å²) >= 11 is 0. The fourth-order valence-electron chi connectivity index (χ4n) is 2.45. The smallest absolute Gasteiger partial charge is 0.220 e. The van der Waals surface area contributed by atoms with Gasteiger partial charge in [-0.1, -0.05) is 13.8 Å². The highest BCUT2D eigenvalue weighted by Crippen LogP contribution is 2.32.